The van der Waals surface area contributed by atoms with Crippen LogP contribution in [-0.2, 0) is 28.4 Å². The number of carbonyl (C=O) groups is 1. The van der Waals surface area contributed by atoms with Crippen LogP contribution in [0.2, 0.25) is 0 Å². The summed E-state index contributed by atoms with van der Waals surface area (Å²) in [6.45, 7) is 1.37. The fraction of sp³-hybridized carbons (Fsp3) is 0.476. The number of halogens is 6. The predicted molar refractivity (Wildman–Crippen MR) is 117 cm³/mol. The molecule has 3 aromatic heterocycles. The Morgan fingerprint density at radius 2 is 1.65 bits per heavy atom. The molecule has 3 aromatic rings. The lowest BCUT2D eigenvalue weighted by Gasteiger charge is -2.34. The summed E-state index contributed by atoms with van der Waals surface area (Å²) in [6.07, 6.45) is -5.81. The minimum atomic E-state index is -4.71. The van der Waals surface area contributed by atoms with Crippen molar-refractivity contribution >= 4 is 22.8 Å². The highest BCUT2D eigenvalue weighted by Crippen LogP contribution is 2.34. The van der Waals surface area contributed by atoms with Gasteiger partial charge >= 0.3 is 12.4 Å². The van der Waals surface area contributed by atoms with E-state index in [1.54, 1.807) is 9.80 Å². The minimum absolute atomic E-state index is 0.000192. The Morgan fingerprint density at radius 1 is 0.973 bits per heavy atom. The van der Waals surface area contributed by atoms with Gasteiger partial charge in [-0.2, -0.15) is 31.4 Å². The lowest BCUT2D eigenvalue weighted by atomic mass is 10.2. The molecule has 200 valence electrons. The molecule has 1 fully saturated rings. The highest BCUT2D eigenvalue weighted by atomic mass is 19.4. The number of amides is 1. The fourth-order valence-electron chi connectivity index (χ4n) is 3.93. The van der Waals surface area contributed by atoms with Gasteiger partial charge in [-0.15, -0.1) is 0 Å². The van der Waals surface area contributed by atoms with Crippen LogP contribution in [0.1, 0.15) is 17.5 Å². The average molecular weight is 533 g/mol. The van der Waals surface area contributed by atoms with Crippen LogP contribution in [0.4, 0.5) is 32.3 Å². The molecule has 0 bridgehead atoms. The number of aromatic amines is 1. The molecule has 0 spiro atoms. The van der Waals surface area contributed by atoms with E-state index in [1.165, 1.54) is 4.57 Å². The van der Waals surface area contributed by atoms with Crippen molar-refractivity contribution in [3.8, 4) is 0 Å². The molecule has 1 aliphatic rings. The van der Waals surface area contributed by atoms with Crippen molar-refractivity contribution in [3.63, 3.8) is 0 Å². The van der Waals surface area contributed by atoms with Crippen molar-refractivity contribution in [1.29, 1.82) is 0 Å². The van der Waals surface area contributed by atoms with E-state index < -0.39 is 34.4 Å². The molecule has 4 heterocycles. The van der Waals surface area contributed by atoms with Crippen LogP contribution in [0.5, 0.6) is 0 Å². The lowest BCUT2D eigenvalue weighted by Crippen LogP contribution is -2.49. The van der Waals surface area contributed by atoms with Gasteiger partial charge in [-0.3, -0.25) is 9.59 Å². The number of nitrogens with one attached hydrogen (secondary N) is 1. The maximum absolute atomic E-state index is 13.3. The number of anilines is 1. The predicted octanol–water partition coefficient (Wildman–Crippen LogP) is 2.31. The van der Waals surface area contributed by atoms with E-state index in [9.17, 15) is 35.9 Å². The second-order valence-electron chi connectivity index (χ2n) is 8.19. The monoisotopic (exact) mass is 533 g/mol. The standard InChI is InChI=1S/C21H21F6N7O3/c22-20(23,24)13-9-28-19(29-10-13)33-4-2-32(3-5-33)16(35)1-7-37-8-6-34-12-14(21(25,26)27)17-15(34)11-30-31-18(17)36/h9-12H,1-8H2,(H,31,36). The molecule has 1 N–H and O–H groups in total. The van der Waals surface area contributed by atoms with Crippen LogP contribution in [0, 0.1) is 0 Å². The van der Waals surface area contributed by atoms with Crippen LogP contribution in [0.3, 0.4) is 0 Å². The summed E-state index contributed by atoms with van der Waals surface area (Å²) in [4.78, 5) is 35.1. The van der Waals surface area contributed by atoms with Crippen LogP contribution in [0.25, 0.3) is 10.9 Å². The summed E-state index contributed by atoms with van der Waals surface area (Å²) in [6, 6.07) is 0. The summed E-state index contributed by atoms with van der Waals surface area (Å²) < 4.78 is 84.5. The second kappa shape index (κ2) is 10.4. The van der Waals surface area contributed by atoms with E-state index in [2.05, 4.69) is 15.1 Å². The molecule has 0 aliphatic carbocycles. The highest BCUT2D eigenvalue weighted by molar-refractivity contribution is 5.82. The molecule has 0 atom stereocenters. The number of H-pyrrole nitrogens is 1. The summed E-state index contributed by atoms with van der Waals surface area (Å²) in [5, 5.41) is 5.05. The summed E-state index contributed by atoms with van der Waals surface area (Å²) in [5.41, 5.74) is -2.94. The Kier molecular flexibility index (Phi) is 7.38. The fourth-order valence-corrected chi connectivity index (χ4v) is 3.93. The number of nitrogens with zero attached hydrogens (tertiary/aromatic N) is 6. The SMILES string of the molecule is O=C(CCOCCn1cc(C(F)(F)F)c2c(=O)[nH]ncc21)N1CCN(c2ncc(C(F)(F)F)cn2)CC1. The molecule has 1 aliphatic heterocycles. The number of carbonyl (C=O) groups excluding carboxylic acids is 1. The van der Waals surface area contributed by atoms with Gasteiger partial charge in [0.2, 0.25) is 11.9 Å². The molecule has 0 radical (unpaired) electrons. The first kappa shape index (κ1) is 26.4. The van der Waals surface area contributed by atoms with Crippen LogP contribution in [0.15, 0.2) is 29.6 Å². The quantitative estimate of drug-likeness (QED) is 0.367. The van der Waals surface area contributed by atoms with Gasteiger partial charge in [0, 0.05) is 51.3 Å². The molecule has 16 heteroatoms. The topological polar surface area (TPSA) is 109 Å². The maximum Gasteiger partial charge on any atom is 0.419 e. The van der Waals surface area contributed by atoms with Gasteiger partial charge in [0.25, 0.3) is 5.56 Å². The Balaban J connectivity index is 1.23. The van der Waals surface area contributed by atoms with E-state index in [-0.39, 0.29) is 43.6 Å². The number of rotatable bonds is 7. The number of aromatic nitrogens is 5. The van der Waals surface area contributed by atoms with E-state index >= 15 is 0 Å². The van der Waals surface area contributed by atoms with Gasteiger partial charge in [-0.1, -0.05) is 0 Å². The summed E-state index contributed by atoms with van der Waals surface area (Å²) >= 11 is 0. The van der Waals surface area contributed by atoms with Crippen molar-refractivity contribution in [2.45, 2.75) is 25.3 Å². The highest BCUT2D eigenvalue weighted by Gasteiger charge is 2.36. The van der Waals surface area contributed by atoms with Crippen LogP contribution in [-0.4, -0.2) is 74.9 Å². The van der Waals surface area contributed by atoms with Crippen LogP contribution < -0.4 is 10.5 Å². The van der Waals surface area contributed by atoms with Crippen molar-refractivity contribution in [3.05, 3.63) is 46.3 Å². The van der Waals surface area contributed by atoms with E-state index in [4.69, 9.17) is 4.74 Å². The van der Waals surface area contributed by atoms with E-state index in [0.717, 1.165) is 12.4 Å². The number of piperazine rings is 1. The second-order valence-corrected chi connectivity index (χ2v) is 8.19. The molecule has 37 heavy (non-hydrogen) atoms. The first-order chi connectivity index (χ1) is 17.4. The molecule has 4 rings (SSSR count). The zero-order valence-corrected chi connectivity index (χ0v) is 19.1. The van der Waals surface area contributed by atoms with Gasteiger partial charge in [0.1, 0.15) is 0 Å². The number of ether oxygens (including phenoxy) is 1. The zero-order chi connectivity index (χ0) is 26.8. The van der Waals surface area contributed by atoms with Crippen molar-refractivity contribution < 1.29 is 35.9 Å². The molecule has 1 saturated heterocycles. The van der Waals surface area contributed by atoms with Gasteiger partial charge in [0.05, 0.1) is 47.9 Å². The van der Waals surface area contributed by atoms with E-state index in [0.29, 0.717) is 38.6 Å². The Hall–Kier alpha value is -3.69. The Bertz CT molecular complexity index is 1300. The molecule has 1 amide bonds. The van der Waals surface area contributed by atoms with Gasteiger partial charge in [0.15, 0.2) is 0 Å². The largest absolute Gasteiger partial charge is 0.419 e. The normalized spacial score (nSPS) is 15.0. The third kappa shape index (κ3) is 6.00. The lowest BCUT2D eigenvalue weighted by molar-refractivity contribution is -0.138. The zero-order valence-electron chi connectivity index (χ0n) is 19.1. The molecular formula is C21H21F6N7O3. The van der Waals surface area contributed by atoms with Gasteiger partial charge in [-0.05, 0) is 0 Å². The smallest absolute Gasteiger partial charge is 0.379 e. The number of fused-ring (bicyclic) bond motifs is 1. The first-order valence-corrected chi connectivity index (χ1v) is 11.1. The molecule has 0 unspecified atom stereocenters. The summed E-state index contributed by atoms with van der Waals surface area (Å²) in [5.74, 6) is -0.0543. The Morgan fingerprint density at radius 3 is 2.27 bits per heavy atom. The summed E-state index contributed by atoms with van der Waals surface area (Å²) in [7, 11) is 0. The first-order valence-electron chi connectivity index (χ1n) is 11.1. The third-order valence-electron chi connectivity index (χ3n) is 5.82. The van der Waals surface area contributed by atoms with Crippen molar-refractivity contribution in [2.75, 3.05) is 44.3 Å². The third-order valence-corrected chi connectivity index (χ3v) is 5.82. The molecule has 0 aromatic carbocycles. The number of alkyl halides is 6. The number of hydrogen-bond donors (Lipinski definition) is 1. The minimum Gasteiger partial charge on any atom is -0.379 e. The van der Waals surface area contributed by atoms with E-state index in [1.807, 2.05) is 5.10 Å². The average Bonchev–Trinajstić information content (AvgIpc) is 3.24. The maximum atomic E-state index is 13.3. The molecule has 0 saturated carbocycles. The van der Waals surface area contributed by atoms with Crippen molar-refractivity contribution in [2.24, 2.45) is 0 Å². The Labute approximate surface area is 204 Å². The van der Waals surface area contributed by atoms with Gasteiger partial charge < -0.3 is 19.1 Å². The van der Waals surface area contributed by atoms with Gasteiger partial charge in [-0.25, -0.2) is 15.1 Å². The molecular weight excluding hydrogens is 512 g/mol. The molecule has 10 nitrogen and oxygen atoms in total. The van der Waals surface area contributed by atoms with Crippen LogP contribution >= 0.6 is 0 Å². The van der Waals surface area contributed by atoms with Crippen molar-refractivity contribution in [1.82, 2.24) is 29.6 Å². The number of hydrogen-bond acceptors (Lipinski definition) is 7.